The highest BCUT2D eigenvalue weighted by Crippen LogP contribution is 2.30. The molecule has 35 heavy (non-hydrogen) atoms. The number of rotatable bonds is 5. The van der Waals surface area contributed by atoms with E-state index >= 15 is 0 Å². The molecular formula is C25H24N8O2. The van der Waals surface area contributed by atoms with Gasteiger partial charge in [-0.15, -0.1) is 0 Å². The molecule has 176 valence electrons. The van der Waals surface area contributed by atoms with Crippen LogP contribution in [0.4, 0.5) is 23.1 Å². The first kappa shape index (κ1) is 21.1. The number of aromatic amines is 2. The van der Waals surface area contributed by atoms with Crippen molar-refractivity contribution in [2.45, 2.75) is 6.92 Å². The van der Waals surface area contributed by atoms with E-state index in [-0.39, 0.29) is 5.91 Å². The minimum absolute atomic E-state index is 0.197. The third-order valence-electron chi connectivity index (χ3n) is 6.14. The number of nitrogens with one attached hydrogen (secondary N) is 4. The number of fused-ring (bicyclic) bond motifs is 2. The van der Waals surface area contributed by atoms with Gasteiger partial charge in [-0.1, -0.05) is 6.07 Å². The van der Waals surface area contributed by atoms with Gasteiger partial charge in [-0.2, -0.15) is 5.10 Å². The topological polar surface area (TPSA) is 124 Å². The first-order valence-electron chi connectivity index (χ1n) is 11.4. The smallest absolute Gasteiger partial charge is 0.257 e. The van der Waals surface area contributed by atoms with Gasteiger partial charge in [0.25, 0.3) is 5.91 Å². The molecular weight excluding hydrogens is 444 g/mol. The Balaban J connectivity index is 1.37. The number of anilines is 4. The van der Waals surface area contributed by atoms with Crippen LogP contribution in [0.3, 0.4) is 0 Å². The molecule has 0 unspecified atom stereocenters. The molecule has 0 spiro atoms. The van der Waals surface area contributed by atoms with Crippen molar-refractivity contribution in [2.24, 2.45) is 0 Å². The molecule has 0 radical (unpaired) electrons. The van der Waals surface area contributed by atoms with Crippen molar-refractivity contribution in [2.75, 3.05) is 41.8 Å². The zero-order valence-corrected chi connectivity index (χ0v) is 19.1. The van der Waals surface area contributed by atoms with Crippen LogP contribution in [0.25, 0.3) is 21.9 Å². The summed E-state index contributed by atoms with van der Waals surface area (Å²) in [6, 6.07) is 13.4. The van der Waals surface area contributed by atoms with E-state index in [0.29, 0.717) is 43.5 Å². The lowest BCUT2D eigenvalue weighted by atomic mass is 10.1. The van der Waals surface area contributed by atoms with Gasteiger partial charge in [-0.25, -0.2) is 9.97 Å². The summed E-state index contributed by atoms with van der Waals surface area (Å²) in [6.45, 7) is 4.62. The highest BCUT2D eigenvalue weighted by atomic mass is 16.5. The molecule has 0 bridgehead atoms. The second kappa shape index (κ2) is 8.73. The average molecular weight is 469 g/mol. The number of pyridine rings is 1. The first-order chi connectivity index (χ1) is 17.1. The number of morpholine rings is 1. The molecule has 1 fully saturated rings. The minimum Gasteiger partial charge on any atom is -0.378 e. The van der Waals surface area contributed by atoms with E-state index in [2.05, 4.69) is 35.7 Å². The summed E-state index contributed by atoms with van der Waals surface area (Å²) in [5, 5.41) is 14.2. The van der Waals surface area contributed by atoms with Crippen LogP contribution in [0, 0.1) is 6.92 Å². The summed E-state index contributed by atoms with van der Waals surface area (Å²) in [5.41, 5.74) is 5.47. The summed E-state index contributed by atoms with van der Waals surface area (Å²) < 4.78 is 5.53. The standard InChI is InChI=1S/C25H24N8O2/c1-15-3-2-6-26-23(15)31-25-29-20-12-18(22(13-21(20)30-25)33-7-9-35-10-8-33)24(34)28-17-5-4-16-14-27-32-19(16)11-17/h2-6,11-14H,7-10H2,1H3,(H,27,32)(H,28,34)(H2,26,29,30,31). The largest absolute Gasteiger partial charge is 0.378 e. The molecule has 0 aliphatic carbocycles. The summed E-state index contributed by atoms with van der Waals surface area (Å²) in [4.78, 5) is 28.0. The number of aromatic nitrogens is 5. The molecule has 3 aromatic heterocycles. The Hall–Kier alpha value is -4.44. The summed E-state index contributed by atoms with van der Waals surface area (Å²) in [7, 11) is 0. The average Bonchev–Trinajstić information content (AvgIpc) is 3.51. The monoisotopic (exact) mass is 468 g/mol. The Bertz CT molecular complexity index is 1530. The summed E-state index contributed by atoms with van der Waals surface area (Å²) >= 11 is 0. The van der Waals surface area contributed by atoms with Crippen molar-refractivity contribution >= 4 is 51.0 Å². The molecule has 1 aliphatic rings. The molecule has 10 heteroatoms. The van der Waals surface area contributed by atoms with Crippen LogP contribution in [0.1, 0.15) is 15.9 Å². The van der Waals surface area contributed by atoms with Crippen molar-refractivity contribution in [3.05, 3.63) is 66.0 Å². The van der Waals surface area contributed by atoms with Crippen molar-refractivity contribution in [1.29, 1.82) is 0 Å². The second-order valence-electron chi connectivity index (χ2n) is 8.49. The molecule has 6 rings (SSSR count). The lowest BCUT2D eigenvalue weighted by Gasteiger charge is -2.30. The van der Waals surface area contributed by atoms with Crippen LogP contribution in [-0.2, 0) is 4.74 Å². The highest BCUT2D eigenvalue weighted by molar-refractivity contribution is 6.11. The fourth-order valence-electron chi connectivity index (χ4n) is 4.29. The number of amides is 1. The Morgan fingerprint density at radius 2 is 2.00 bits per heavy atom. The number of hydrogen-bond donors (Lipinski definition) is 4. The van der Waals surface area contributed by atoms with E-state index in [1.54, 1.807) is 12.4 Å². The number of benzene rings is 2. The fraction of sp³-hybridized carbons (Fsp3) is 0.200. The van der Waals surface area contributed by atoms with Crippen LogP contribution >= 0.6 is 0 Å². The Morgan fingerprint density at radius 1 is 1.11 bits per heavy atom. The predicted molar refractivity (Wildman–Crippen MR) is 135 cm³/mol. The van der Waals surface area contributed by atoms with Crippen molar-refractivity contribution in [3.8, 4) is 0 Å². The van der Waals surface area contributed by atoms with Gasteiger partial charge >= 0.3 is 0 Å². The number of nitrogens with zero attached hydrogens (tertiary/aromatic N) is 4. The van der Waals surface area contributed by atoms with E-state index in [4.69, 9.17) is 9.72 Å². The van der Waals surface area contributed by atoms with Gasteiger partial charge < -0.3 is 25.3 Å². The van der Waals surface area contributed by atoms with Gasteiger partial charge in [-0.05, 0) is 48.9 Å². The highest BCUT2D eigenvalue weighted by Gasteiger charge is 2.22. The normalized spacial score (nSPS) is 13.9. The van der Waals surface area contributed by atoms with Crippen molar-refractivity contribution in [3.63, 3.8) is 0 Å². The Kier molecular flexibility index (Phi) is 5.27. The number of ether oxygens (including phenoxy) is 1. The molecule has 1 amide bonds. The molecule has 0 saturated carbocycles. The fourth-order valence-corrected chi connectivity index (χ4v) is 4.29. The number of aryl methyl sites for hydroxylation is 1. The van der Waals surface area contributed by atoms with Crippen molar-refractivity contribution in [1.82, 2.24) is 25.1 Å². The summed E-state index contributed by atoms with van der Waals surface area (Å²) in [5.74, 6) is 1.10. The quantitative estimate of drug-likeness (QED) is 0.308. The van der Waals surface area contributed by atoms with Gasteiger partial charge in [0.05, 0.1) is 47.2 Å². The molecule has 1 saturated heterocycles. The van der Waals surface area contributed by atoms with Crippen LogP contribution in [0.2, 0.25) is 0 Å². The molecule has 4 N–H and O–H groups in total. The van der Waals surface area contributed by atoms with E-state index in [9.17, 15) is 4.79 Å². The zero-order chi connectivity index (χ0) is 23.8. The van der Waals surface area contributed by atoms with Crippen LogP contribution < -0.4 is 15.5 Å². The van der Waals surface area contributed by atoms with Gasteiger partial charge in [0.15, 0.2) is 0 Å². The number of hydrogen-bond acceptors (Lipinski definition) is 7. The maximum Gasteiger partial charge on any atom is 0.257 e. The van der Waals surface area contributed by atoms with Gasteiger partial charge in [0.1, 0.15) is 5.82 Å². The van der Waals surface area contributed by atoms with Gasteiger partial charge in [-0.3, -0.25) is 9.89 Å². The van der Waals surface area contributed by atoms with Crippen LogP contribution in [0.5, 0.6) is 0 Å². The van der Waals surface area contributed by atoms with Crippen LogP contribution in [0.15, 0.2) is 54.9 Å². The molecule has 0 atom stereocenters. The zero-order valence-electron chi connectivity index (χ0n) is 19.1. The van der Waals surface area contributed by atoms with Gasteiger partial charge in [0, 0.05) is 30.4 Å². The Morgan fingerprint density at radius 3 is 2.86 bits per heavy atom. The third kappa shape index (κ3) is 4.15. The van der Waals surface area contributed by atoms with E-state index < -0.39 is 0 Å². The van der Waals surface area contributed by atoms with E-state index in [0.717, 1.165) is 39.0 Å². The first-order valence-corrected chi connectivity index (χ1v) is 11.4. The lowest BCUT2D eigenvalue weighted by Crippen LogP contribution is -2.37. The molecule has 10 nitrogen and oxygen atoms in total. The molecule has 4 heterocycles. The summed E-state index contributed by atoms with van der Waals surface area (Å²) in [6.07, 6.45) is 3.49. The number of carbonyl (C=O) groups excluding carboxylic acids is 1. The predicted octanol–water partition coefficient (Wildman–Crippen LogP) is 3.98. The number of carbonyl (C=O) groups is 1. The minimum atomic E-state index is -0.197. The molecule has 2 aromatic carbocycles. The van der Waals surface area contributed by atoms with Gasteiger partial charge in [0.2, 0.25) is 5.95 Å². The number of imidazole rings is 1. The molecule has 5 aromatic rings. The SMILES string of the molecule is Cc1cccnc1Nc1nc2cc(N3CCOCC3)c(C(=O)Nc3ccc4cn[nH]c4c3)cc2[nH]1. The third-order valence-corrected chi connectivity index (χ3v) is 6.14. The van der Waals surface area contributed by atoms with E-state index in [1.165, 1.54) is 0 Å². The maximum atomic E-state index is 13.5. The van der Waals surface area contributed by atoms with Crippen molar-refractivity contribution < 1.29 is 9.53 Å². The van der Waals surface area contributed by atoms with E-state index in [1.807, 2.05) is 49.4 Å². The Labute approximate surface area is 200 Å². The van der Waals surface area contributed by atoms with Crippen LogP contribution in [-0.4, -0.2) is 57.4 Å². The molecule has 1 aliphatic heterocycles. The maximum absolute atomic E-state index is 13.5. The second-order valence-corrected chi connectivity index (χ2v) is 8.49. The number of H-pyrrole nitrogens is 2. The lowest BCUT2D eigenvalue weighted by molar-refractivity contribution is 0.102.